The van der Waals surface area contributed by atoms with Crippen molar-refractivity contribution >= 4 is 45.3 Å². The number of benzene rings is 2. The van der Waals surface area contributed by atoms with Crippen molar-refractivity contribution in [2.24, 2.45) is 5.92 Å². The first kappa shape index (κ1) is 33.9. The summed E-state index contributed by atoms with van der Waals surface area (Å²) in [6.07, 6.45) is 1.70. The fourth-order valence-corrected chi connectivity index (χ4v) is 6.76. The van der Waals surface area contributed by atoms with E-state index in [1.54, 1.807) is 31.2 Å². The highest BCUT2D eigenvalue weighted by atomic mass is 35.5. The van der Waals surface area contributed by atoms with E-state index in [4.69, 9.17) is 25.8 Å². The SMILES string of the molecule is CCOC(=O)C1=CCCCC1S(=O)(=O)N(COC(=O)N[C@H](CC(C)C)C(=O)OCc1ccccc1)c1ccc(F)cc1Cl. The van der Waals surface area contributed by atoms with Crippen LogP contribution < -0.4 is 9.62 Å². The smallest absolute Gasteiger partial charge is 0.409 e. The molecule has 1 aliphatic rings. The van der Waals surface area contributed by atoms with Crippen LogP contribution in [-0.4, -0.2) is 51.1 Å². The summed E-state index contributed by atoms with van der Waals surface area (Å²) < 4.78 is 58.3. The van der Waals surface area contributed by atoms with E-state index >= 15 is 0 Å². The highest BCUT2D eigenvalue weighted by Gasteiger charge is 2.40. The number of anilines is 1. The molecule has 10 nitrogen and oxygen atoms in total. The van der Waals surface area contributed by atoms with Gasteiger partial charge >= 0.3 is 18.0 Å². The zero-order valence-corrected chi connectivity index (χ0v) is 25.8. The second-order valence-corrected chi connectivity index (χ2v) is 12.7. The third kappa shape index (κ3) is 9.42. The summed E-state index contributed by atoms with van der Waals surface area (Å²) in [6, 6.07) is 11.0. The van der Waals surface area contributed by atoms with Crippen molar-refractivity contribution in [3.8, 4) is 0 Å². The Bertz CT molecular complexity index is 1420. The first-order valence-corrected chi connectivity index (χ1v) is 15.8. The van der Waals surface area contributed by atoms with Gasteiger partial charge in [-0.25, -0.2) is 31.5 Å². The molecule has 0 bridgehead atoms. The van der Waals surface area contributed by atoms with Gasteiger partial charge < -0.3 is 19.5 Å². The molecule has 1 amide bonds. The van der Waals surface area contributed by atoms with Crippen molar-refractivity contribution in [1.82, 2.24) is 5.32 Å². The van der Waals surface area contributed by atoms with Gasteiger partial charge in [-0.1, -0.05) is 61.9 Å². The highest BCUT2D eigenvalue weighted by Crippen LogP contribution is 2.34. The summed E-state index contributed by atoms with van der Waals surface area (Å²) in [6.45, 7) is 4.48. The number of alkyl carbamates (subject to hydrolysis) is 1. The number of carbonyl (C=O) groups excluding carboxylic acids is 3. The Balaban J connectivity index is 1.82. The molecule has 0 saturated carbocycles. The average Bonchev–Trinajstić information content (AvgIpc) is 2.97. The van der Waals surface area contributed by atoms with Crippen molar-refractivity contribution < 1.29 is 41.4 Å². The second-order valence-electron chi connectivity index (χ2n) is 10.3. The fraction of sp³-hybridized carbons (Fsp3) is 0.433. The summed E-state index contributed by atoms with van der Waals surface area (Å²) in [5.74, 6) is -2.18. The number of esters is 2. The maximum absolute atomic E-state index is 14.0. The number of halogens is 2. The van der Waals surface area contributed by atoms with E-state index in [9.17, 15) is 27.2 Å². The van der Waals surface area contributed by atoms with Crippen molar-refractivity contribution in [2.45, 2.75) is 64.4 Å². The predicted octanol–water partition coefficient (Wildman–Crippen LogP) is 5.50. The number of allylic oxidation sites excluding steroid dienone is 1. The molecule has 0 aliphatic heterocycles. The van der Waals surface area contributed by atoms with Gasteiger partial charge in [0.05, 0.1) is 22.9 Å². The van der Waals surface area contributed by atoms with Crippen LogP contribution in [0.5, 0.6) is 0 Å². The molecule has 0 radical (unpaired) electrons. The quantitative estimate of drug-likeness (QED) is 0.173. The third-order valence-electron chi connectivity index (χ3n) is 6.56. The van der Waals surface area contributed by atoms with Gasteiger partial charge in [0, 0.05) is 0 Å². The minimum Gasteiger partial charge on any atom is -0.463 e. The number of carbonyl (C=O) groups is 3. The highest BCUT2D eigenvalue weighted by molar-refractivity contribution is 7.93. The lowest BCUT2D eigenvalue weighted by Crippen LogP contribution is -2.47. The van der Waals surface area contributed by atoms with Crippen molar-refractivity contribution in [2.75, 3.05) is 17.6 Å². The zero-order chi connectivity index (χ0) is 31.6. The number of ether oxygens (including phenoxy) is 3. The Morgan fingerprint density at radius 1 is 1.09 bits per heavy atom. The molecule has 2 aromatic rings. The van der Waals surface area contributed by atoms with Gasteiger partial charge in [-0.05, 0) is 62.3 Å². The molecule has 2 aromatic carbocycles. The van der Waals surface area contributed by atoms with Crippen molar-refractivity contribution in [1.29, 1.82) is 0 Å². The summed E-state index contributed by atoms with van der Waals surface area (Å²) in [7, 11) is -4.46. The van der Waals surface area contributed by atoms with Crippen LogP contribution in [0.3, 0.4) is 0 Å². The molecule has 0 fully saturated rings. The maximum atomic E-state index is 14.0. The summed E-state index contributed by atoms with van der Waals surface area (Å²) in [5.41, 5.74) is 0.558. The first-order valence-electron chi connectivity index (χ1n) is 13.9. The Kier molecular flexibility index (Phi) is 12.4. The number of nitrogens with zero attached hydrogens (tertiary/aromatic N) is 1. The van der Waals surface area contributed by atoms with E-state index in [2.05, 4.69) is 5.32 Å². The van der Waals surface area contributed by atoms with Crippen LogP contribution in [0.1, 0.15) is 52.0 Å². The molecule has 1 unspecified atom stereocenters. The molecule has 0 aromatic heterocycles. The molecular formula is C30H36ClFN2O8S. The van der Waals surface area contributed by atoms with Crippen molar-refractivity contribution in [3.63, 3.8) is 0 Å². The average molecular weight is 639 g/mol. The molecule has 43 heavy (non-hydrogen) atoms. The van der Waals surface area contributed by atoms with Crippen LogP contribution in [0.25, 0.3) is 0 Å². The molecule has 1 aliphatic carbocycles. The topological polar surface area (TPSA) is 128 Å². The predicted molar refractivity (Wildman–Crippen MR) is 159 cm³/mol. The molecule has 3 rings (SSSR count). The number of rotatable bonds is 13. The van der Waals surface area contributed by atoms with Crippen LogP contribution in [0, 0.1) is 11.7 Å². The lowest BCUT2D eigenvalue weighted by atomic mass is 9.99. The van der Waals surface area contributed by atoms with Gasteiger partial charge in [-0.15, -0.1) is 0 Å². The summed E-state index contributed by atoms with van der Waals surface area (Å²) in [4.78, 5) is 38.4. The van der Waals surface area contributed by atoms with Gasteiger partial charge in [0.25, 0.3) is 0 Å². The largest absolute Gasteiger partial charge is 0.463 e. The van der Waals surface area contributed by atoms with Crippen LogP contribution in [0.15, 0.2) is 60.2 Å². The number of hydrogen-bond acceptors (Lipinski definition) is 8. The summed E-state index contributed by atoms with van der Waals surface area (Å²) in [5, 5.41) is 0.873. The number of amides is 1. The van der Waals surface area contributed by atoms with E-state index in [-0.39, 0.29) is 48.3 Å². The third-order valence-corrected chi connectivity index (χ3v) is 8.99. The van der Waals surface area contributed by atoms with Gasteiger partial charge in [-0.2, -0.15) is 0 Å². The Morgan fingerprint density at radius 3 is 2.47 bits per heavy atom. The molecule has 0 saturated heterocycles. The van der Waals surface area contributed by atoms with Gasteiger partial charge in [0.15, 0.2) is 6.73 Å². The fourth-order valence-electron chi connectivity index (χ4n) is 4.52. The van der Waals surface area contributed by atoms with Crippen LogP contribution >= 0.6 is 11.6 Å². The molecule has 2 atom stereocenters. The monoisotopic (exact) mass is 638 g/mol. The molecule has 13 heteroatoms. The van der Waals surface area contributed by atoms with E-state index in [1.165, 1.54) is 6.08 Å². The first-order chi connectivity index (χ1) is 20.4. The Labute approximate surface area is 256 Å². The van der Waals surface area contributed by atoms with Crippen molar-refractivity contribution in [3.05, 3.63) is 76.6 Å². The molecule has 234 valence electrons. The van der Waals surface area contributed by atoms with Gasteiger partial charge in [-0.3, -0.25) is 0 Å². The molecular weight excluding hydrogens is 603 g/mol. The lowest BCUT2D eigenvalue weighted by Gasteiger charge is -2.31. The minimum atomic E-state index is -4.46. The Hall–Kier alpha value is -3.64. The molecule has 0 heterocycles. The second kappa shape index (κ2) is 15.7. The van der Waals surface area contributed by atoms with Gasteiger partial charge in [0.2, 0.25) is 10.0 Å². The van der Waals surface area contributed by atoms with E-state index in [1.807, 2.05) is 19.9 Å². The van der Waals surface area contributed by atoms with Crippen LogP contribution in [0.2, 0.25) is 5.02 Å². The van der Waals surface area contributed by atoms with Crippen LogP contribution in [-0.2, 0) is 40.4 Å². The minimum absolute atomic E-state index is 0.00219. The number of sulfonamides is 1. The van der Waals surface area contributed by atoms with Crippen LogP contribution in [0.4, 0.5) is 14.9 Å². The number of nitrogens with one attached hydrogen (secondary N) is 1. The standard InChI is InChI=1S/C30H36ClFN2O8S/c1-4-40-28(35)23-12-8-9-13-27(23)43(38,39)34(26-15-14-22(32)17-24(26)31)19-42-30(37)33-25(16-20(2)3)29(36)41-18-21-10-6-5-7-11-21/h5-7,10-12,14-15,17,20,25,27H,4,8-9,13,16,18-19H2,1-3H3,(H,33,37)/t25-,27?/m1/s1. The number of hydrogen-bond donors (Lipinski definition) is 1. The molecule has 1 N–H and O–H groups in total. The van der Waals surface area contributed by atoms with E-state index in [0.717, 1.165) is 23.8 Å². The van der Waals surface area contributed by atoms with E-state index in [0.29, 0.717) is 17.1 Å². The van der Waals surface area contributed by atoms with Gasteiger partial charge in [0.1, 0.15) is 23.7 Å². The normalized spacial score (nSPS) is 15.7. The van der Waals surface area contributed by atoms with E-state index < -0.39 is 51.9 Å². The lowest BCUT2D eigenvalue weighted by molar-refractivity contribution is -0.147. The Morgan fingerprint density at radius 2 is 1.81 bits per heavy atom. The summed E-state index contributed by atoms with van der Waals surface area (Å²) >= 11 is 6.23. The zero-order valence-electron chi connectivity index (χ0n) is 24.3. The maximum Gasteiger partial charge on any atom is 0.409 e. The molecule has 0 spiro atoms.